The third-order valence-electron chi connectivity index (χ3n) is 9.53. The molecule has 2 saturated heterocycles. The molecule has 6 rings (SSSR count). The molecule has 0 radical (unpaired) electrons. The molecule has 15 heteroatoms. The fourth-order valence-corrected chi connectivity index (χ4v) is 8.59. The average molecular weight is 777 g/mol. The van der Waals surface area contributed by atoms with Crippen LogP contribution in [0.1, 0.15) is 19.8 Å². The highest BCUT2D eigenvalue weighted by atomic mass is 79.9. The van der Waals surface area contributed by atoms with Gasteiger partial charge in [-0.25, -0.2) is 4.98 Å². The van der Waals surface area contributed by atoms with Crippen LogP contribution in [0.25, 0.3) is 11.1 Å². The molecule has 2 fully saturated rings. The largest absolute Gasteiger partial charge is 0.494 e. The van der Waals surface area contributed by atoms with Crippen molar-refractivity contribution in [1.29, 1.82) is 0 Å². The van der Waals surface area contributed by atoms with E-state index in [2.05, 4.69) is 87.2 Å². The molecule has 0 unspecified atom stereocenters. The SMILES string of the molecule is C=Nc1ccc(Nc2nc(Nc3cc(-c4cnn(C)c4)c(N4CCC(N5CCN(C)CC5)CC4)cc3OC)ncc2Br)c(P(C)(C)=O)c1/N=C\C. The number of likely N-dealkylation sites (N-methyl/N-ethyl adjacent to an activating group) is 1. The van der Waals surface area contributed by atoms with E-state index in [-0.39, 0.29) is 0 Å². The van der Waals surface area contributed by atoms with E-state index < -0.39 is 7.14 Å². The van der Waals surface area contributed by atoms with Gasteiger partial charge < -0.3 is 29.7 Å². The smallest absolute Gasteiger partial charge is 0.229 e. The molecule has 51 heavy (non-hydrogen) atoms. The monoisotopic (exact) mass is 775 g/mol. The zero-order valence-corrected chi connectivity index (χ0v) is 32.7. The van der Waals surface area contributed by atoms with E-state index in [0.29, 0.717) is 56.1 Å². The highest BCUT2D eigenvalue weighted by Gasteiger charge is 2.29. The number of piperidine rings is 1. The highest BCUT2D eigenvalue weighted by Crippen LogP contribution is 2.46. The number of halogens is 1. The minimum atomic E-state index is -2.83. The summed E-state index contributed by atoms with van der Waals surface area (Å²) in [4.78, 5) is 25.6. The Morgan fingerprint density at radius 3 is 2.41 bits per heavy atom. The number of anilines is 5. The van der Waals surface area contributed by atoms with Crippen LogP contribution in [0.4, 0.5) is 40.2 Å². The summed E-state index contributed by atoms with van der Waals surface area (Å²) in [7, 11) is 2.99. The molecular weight excluding hydrogens is 729 g/mol. The molecule has 0 amide bonds. The number of nitrogens with one attached hydrogen (secondary N) is 2. The van der Waals surface area contributed by atoms with Crippen molar-refractivity contribution in [1.82, 2.24) is 29.5 Å². The Morgan fingerprint density at radius 2 is 1.78 bits per heavy atom. The van der Waals surface area contributed by atoms with Crippen LogP contribution in [0.5, 0.6) is 5.75 Å². The Kier molecular flexibility index (Phi) is 11.3. The topological polar surface area (TPSA) is 128 Å². The summed E-state index contributed by atoms with van der Waals surface area (Å²) in [5.74, 6) is 1.51. The number of nitrogens with zero attached hydrogens (tertiary/aromatic N) is 9. The van der Waals surface area contributed by atoms with Crippen LogP contribution >= 0.6 is 23.1 Å². The molecular formula is C36H47BrN11O2P. The first-order valence-electron chi connectivity index (χ1n) is 17.1. The maximum absolute atomic E-state index is 13.6. The molecule has 0 saturated carbocycles. The predicted molar refractivity (Wildman–Crippen MR) is 214 cm³/mol. The summed E-state index contributed by atoms with van der Waals surface area (Å²) in [6.45, 7) is 15.4. The number of aliphatic imine (C=N–C) groups is 2. The molecule has 2 aromatic heterocycles. The molecule has 0 spiro atoms. The molecule has 0 atom stereocenters. The summed E-state index contributed by atoms with van der Waals surface area (Å²) in [6, 6.07) is 8.43. The Hall–Kier alpha value is -4.10. The predicted octanol–water partition coefficient (Wildman–Crippen LogP) is 6.65. The standard InChI is InChI=1S/C36H47BrN11O2P/c1-8-39-33-28(38-2)9-10-29(34(33)51(6,7)49)42-35-27(37)22-40-36(44-35)43-30-19-26(24-21-41-46(4)23-24)31(20-32(30)50-5)48-13-11-25(12-14-48)47-17-15-45(3)16-18-47/h8-10,19-23,25H,2,11-18H2,1,3-7H3,(H2,40,42,43,44)/b39-8-. The number of piperazine rings is 1. The minimum Gasteiger partial charge on any atom is -0.494 e. The van der Waals surface area contributed by atoms with Crippen LogP contribution in [0.2, 0.25) is 0 Å². The van der Waals surface area contributed by atoms with Gasteiger partial charge in [-0.3, -0.25) is 19.6 Å². The number of ether oxygens (including phenoxy) is 1. The second-order valence-corrected chi connectivity index (χ2v) is 17.4. The third kappa shape index (κ3) is 8.19. The van der Waals surface area contributed by atoms with Crippen LogP contribution in [-0.2, 0) is 11.6 Å². The van der Waals surface area contributed by atoms with E-state index in [1.54, 1.807) is 38.9 Å². The number of rotatable bonds is 11. The van der Waals surface area contributed by atoms with Gasteiger partial charge in [0, 0.05) is 93.8 Å². The highest BCUT2D eigenvalue weighted by molar-refractivity contribution is 9.10. The molecule has 2 aliphatic heterocycles. The average Bonchev–Trinajstić information content (AvgIpc) is 3.55. The van der Waals surface area contributed by atoms with Crippen molar-refractivity contribution in [2.24, 2.45) is 17.0 Å². The van der Waals surface area contributed by atoms with E-state index in [4.69, 9.17) is 9.72 Å². The zero-order chi connectivity index (χ0) is 36.3. The van der Waals surface area contributed by atoms with Gasteiger partial charge in [-0.05, 0) is 81.0 Å². The summed E-state index contributed by atoms with van der Waals surface area (Å²) in [6.07, 6.45) is 9.50. The summed E-state index contributed by atoms with van der Waals surface area (Å²) in [5, 5.41) is 11.8. The van der Waals surface area contributed by atoms with Gasteiger partial charge in [0.05, 0.1) is 40.1 Å². The molecule has 4 heterocycles. The van der Waals surface area contributed by atoms with Gasteiger partial charge in [0.25, 0.3) is 0 Å². The van der Waals surface area contributed by atoms with Gasteiger partial charge >= 0.3 is 0 Å². The number of hydrogen-bond acceptors (Lipinski definition) is 12. The van der Waals surface area contributed by atoms with E-state index in [1.165, 1.54) is 0 Å². The third-order valence-corrected chi connectivity index (χ3v) is 11.6. The van der Waals surface area contributed by atoms with Crippen molar-refractivity contribution in [2.45, 2.75) is 25.8 Å². The van der Waals surface area contributed by atoms with Crippen molar-refractivity contribution in [2.75, 3.05) is 82.3 Å². The summed E-state index contributed by atoms with van der Waals surface area (Å²) in [5.41, 5.74) is 5.57. The zero-order valence-electron chi connectivity index (χ0n) is 30.2. The molecule has 0 aliphatic carbocycles. The first-order valence-corrected chi connectivity index (χ1v) is 20.5. The van der Waals surface area contributed by atoms with Crippen LogP contribution in [0, 0.1) is 0 Å². The second kappa shape index (κ2) is 15.6. The van der Waals surface area contributed by atoms with Gasteiger partial charge in [-0.2, -0.15) is 10.1 Å². The summed E-state index contributed by atoms with van der Waals surface area (Å²) < 4.78 is 22.0. The first kappa shape index (κ1) is 36.7. The maximum Gasteiger partial charge on any atom is 0.229 e. The van der Waals surface area contributed by atoms with Crippen molar-refractivity contribution in [3.8, 4) is 16.9 Å². The van der Waals surface area contributed by atoms with Crippen molar-refractivity contribution in [3.05, 3.63) is 47.3 Å². The summed E-state index contributed by atoms with van der Waals surface area (Å²) >= 11 is 3.60. The van der Waals surface area contributed by atoms with E-state index >= 15 is 0 Å². The van der Waals surface area contributed by atoms with Gasteiger partial charge in [0.2, 0.25) is 5.95 Å². The van der Waals surface area contributed by atoms with Gasteiger partial charge in [0.1, 0.15) is 24.4 Å². The Labute approximate surface area is 308 Å². The Morgan fingerprint density at radius 1 is 1.04 bits per heavy atom. The lowest BCUT2D eigenvalue weighted by Crippen LogP contribution is -2.52. The Balaban J connectivity index is 1.31. The van der Waals surface area contributed by atoms with Gasteiger partial charge in [0.15, 0.2) is 0 Å². The van der Waals surface area contributed by atoms with Crippen molar-refractivity contribution in [3.63, 3.8) is 0 Å². The van der Waals surface area contributed by atoms with E-state index in [1.807, 2.05) is 37.1 Å². The molecule has 2 N–H and O–H groups in total. The fourth-order valence-electron chi connectivity index (χ4n) is 6.91. The minimum absolute atomic E-state index is 0.353. The van der Waals surface area contributed by atoms with E-state index in [9.17, 15) is 4.57 Å². The van der Waals surface area contributed by atoms with Crippen molar-refractivity contribution < 1.29 is 9.30 Å². The lowest BCUT2D eigenvalue weighted by molar-refractivity contribution is 0.0982. The maximum atomic E-state index is 13.6. The van der Waals surface area contributed by atoms with Gasteiger partial charge in [-0.1, -0.05) is 0 Å². The van der Waals surface area contributed by atoms with Crippen LogP contribution in [0.3, 0.4) is 0 Å². The molecule has 2 aromatic carbocycles. The molecule has 270 valence electrons. The molecule has 4 aromatic rings. The van der Waals surface area contributed by atoms with Crippen LogP contribution in [-0.4, -0.2) is 115 Å². The number of aromatic nitrogens is 4. The number of hydrogen-bond donors (Lipinski definition) is 2. The van der Waals surface area contributed by atoms with E-state index in [0.717, 1.165) is 68.9 Å². The van der Waals surface area contributed by atoms with Crippen LogP contribution in [0.15, 0.2) is 57.3 Å². The fraction of sp³-hybridized carbons (Fsp3) is 0.417. The molecule has 0 bridgehead atoms. The lowest BCUT2D eigenvalue weighted by atomic mass is 9.98. The van der Waals surface area contributed by atoms with Gasteiger partial charge in [-0.15, -0.1) is 0 Å². The number of benzene rings is 2. The quantitative estimate of drug-likeness (QED) is 0.126. The number of methoxy groups -OCH3 is 1. The van der Waals surface area contributed by atoms with Crippen LogP contribution < -0.4 is 25.6 Å². The molecule has 2 aliphatic rings. The number of aryl methyl sites for hydroxylation is 1. The van der Waals surface area contributed by atoms with Crippen molar-refractivity contribution >= 4 is 81.5 Å². The second-order valence-electron chi connectivity index (χ2n) is 13.4. The lowest BCUT2D eigenvalue weighted by Gasteiger charge is -2.43. The molecule has 13 nitrogen and oxygen atoms in total. The Bertz CT molecular complexity index is 1960. The first-order chi connectivity index (χ1) is 24.5. The normalized spacial score (nSPS) is 16.5.